The van der Waals surface area contributed by atoms with E-state index in [1.54, 1.807) is 17.7 Å². The second-order valence-corrected chi connectivity index (χ2v) is 3.26. The van der Waals surface area contributed by atoms with E-state index in [-0.39, 0.29) is 11.6 Å². The van der Waals surface area contributed by atoms with Gasteiger partial charge in [0.05, 0.1) is 0 Å². The third-order valence-corrected chi connectivity index (χ3v) is 2.00. The summed E-state index contributed by atoms with van der Waals surface area (Å²) in [7, 11) is 1.73. The van der Waals surface area contributed by atoms with Crippen LogP contribution in [0.3, 0.4) is 0 Å². The van der Waals surface area contributed by atoms with E-state index < -0.39 is 0 Å². The minimum Gasteiger partial charge on any atom is -0.368 e. The SMILES string of the molecule is C#CCC(C)Nc1cccc(=O)n1C. The Morgan fingerprint density at radius 1 is 1.64 bits per heavy atom. The van der Waals surface area contributed by atoms with E-state index in [0.717, 1.165) is 5.82 Å². The summed E-state index contributed by atoms with van der Waals surface area (Å²) in [6.07, 6.45) is 5.83. The van der Waals surface area contributed by atoms with Crippen molar-refractivity contribution in [2.24, 2.45) is 7.05 Å². The topological polar surface area (TPSA) is 34.0 Å². The van der Waals surface area contributed by atoms with Crippen LogP contribution in [0.5, 0.6) is 0 Å². The van der Waals surface area contributed by atoms with Crippen molar-refractivity contribution < 1.29 is 0 Å². The van der Waals surface area contributed by atoms with Gasteiger partial charge in [0.15, 0.2) is 0 Å². The highest BCUT2D eigenvalue weighted by atomic mass is 16.1. The van der Waals surface area contributed by atoms with Gasteiger partial charge in [-0.1, -0.05) is 6.07 Å². The number of rotatable bonds is 3. The summed E-state index contributed by atoms with van der Waals surface area (Å²) in [4.78, 5) is 11.3. The van der Waals surface area contributed by atoms with Crippen molar-refractivity contribution in [3.05, 3.63) is 28.6 Å². The summed E-state index contributed by atoms with van der Waals surface area (Å²) in [6, 6.07) is 5.28. The monoisotopic (exact) mass is 190 g/mol. The van der Waals surface area contributed by atoms with Gasteiger partial charge in [0, 0.05) is 25.6 Å². The first-order valence-electron chi connectivity index (χ1n) is 4.51. The quantitative estimate of drug-likeness (QED) is 0.727. The Morgan fingerprint density at radius 3 is 3.00 bits per heavy atom. The fraction of sp³-hybridized carbons (Fsp3) is 0.364. The van der Waals surface area contributed by atoms with Gasteiger partial charge in [-0.05, 0) is 13.0 Å². The number of hydrogen-bond acceptors (Lipinski definition) is 2. The molecular formula is C11H14N2O. The van der Waals surface area contributed by atoms with E-state index in [4.69, 9.17) is 6.42 Å². The molecule has 74 valence electrons. The van der Waals surface area contributed by atoms with Gasteiger partial charge in [0.1, 0.15) is 5.82 Å². The van der Waals surface area contributed by atoms with Crippen LogP contribution in [0.4, 0.5) is 5.82 Å². The summed E-state index contributed by atoms with van der Waals surface area (Å²) in [5.41, 5.74) is -0.0251. The van der Waals surface area contributed by atoms with E-state index in [1.807, 2.05) is 13.0 Å². The Kier molecular flexibility index (Phi) is 3.35. The van der Waals surface area contributed by atoms with Gasteiger partial charge in [-0.15, -0.1) is 12.3 Å². The fourth-order valence-corrected chi connectivity index (χ4v) is 1.19. The summed E-state index contributed by atoms with van der Waals surface area (Å²) < 4.78 is 1.56. The van der Waals surface area contributed by atoms with Crippen LogP contribution < -0.4 is 10.9 Å². The molecule has 0 fully saturated rings. The molecule has 1 atom stereocenters. The normalized spacial score (nSPS) is 11.8. The number of hydrogen-bond donors (Lipinski definition) is 1. The molecule has 1 heterocycles. The van der Waals surface area contributed by atoms with E-state index in [2.05, 4.69) is 11.2 Å². The average molecular weight is 190 g/mol. The molecule has 1 aromatic rings. The van der Waals surface area contributed by atoms with Gasteiger partial charge in [0.2, 0.25) is 0 Å². The van der Waals surface area contributed by atoms with Gasteiger partial charge in [-0.2, -0.15) is 0 Å². The summed E-state index contributed by atoms with van der Waals surface area (Å²) in [5.74, 6) is 3.36. The summed E-state index contributed by atoms with van der Waals surface area (Å²) >= 11 is 0. The second-order valence-electron chi connectivity index (χ2n) is 3.26. The molecule has 0 aliphatic carbocycles. The first-order valence-corrected chi connectivity index (χ1v) is 4.51. The maximum absolute atomic E-state index is 11.3. The molecule has 0 amide bonds. The van der Waals surface area contributed by atoms with Crippen LogP contribution in [-0.2, 0) is 7.05 Å². The van der Waals surface area contributed by atoms with Crippen molar-refractivity contribution in [2.45, 2.75) is 19.4 Å². The highest BCUT2D eigenvalue weighted by Gasteiger charge is 2.02. The highest BCUT2D eigenvalue weighted by Crippen LogP contribution is 2.05. The van der Waals surface area contributed by atoms with Crippen LogP contribution >= 0.6 is 0 Å². The molecule has 1 N–H and O–H groups in total. The van der Waals surface area contributed by atoms with E-state index in [9.17, 15) is 4.79 Å². The fourth-order valence-electron chi connectivity index (χ4n) is 1.19. The minimum absolute atomic E-state index is 0.0251. The molecule has 14 heavy (non-hydrogen) atoms. The molecule has 0 radical (unpaired) electrons. The largest absolute Gasteiger partial charge is 0.368 e. The van der Waals surface area contributed by atoms with Crippen molar-refractivity contribution in [1.82, 2.24) is 4.57 Å². The molecule has 0 bridgehead atoms. The maximum atomic E-state index is 11.3. The number of anilines is 1. The Morgan fingerprint density at radius 2 is 2.36 bits per heavy atom. The molecule has 3 heteroatoms. The van der Waals surface area contributed by atoms with Gasteiger partial charge in [-0.3, -0.25) is 9.36 Å². The Labute approximate surface area is 83.8 Å². The lowest BCUT2D eigenvalue weighted by Gasteiger charge is -2.14. The molecule has 0 aromatic carbocycles. The van der Waals surface area contributed by atoms with Crippen LogP contribution in [0.25, 0.3) is 0 Å². The van der Waals surface area contributed by atoms with Crippen LogP contribution in [0.15, 0.2) is 23.0 Å². The first-order chi connectivity index (χ1) is 6.65. The Hall–Kier alpha value is -1.69. The van der Waals surface area contributed by atoms with Crippen molar-refractivity contribution in [3.8, 4) is 12.3 Å². The minimum atomic E-state index is -0.0251. The smallest absolute Gasteiger partial charge is 0.251 e. The van der Waals surface area contributed by atoms with Crippen molar-refractivity contribution in [3.63, 3.8) is 0 Å². The summed E-state index contributed by atoms with van der Waals surface area (Å²) in [6.45, 7) is 1.98. The number of aromatic nitrogens is 1. The zero-order valence-electron chi connectivity index (χ0n) is 8.45. The zero-order chi connectivity index (χ0) is 10.6. The molecule has 0 spiro atoms. The molecule has 1 rings (SSSR count). The van der Waals surface area contributed by atoms with Gasteiger partial charge in [0.25, 0.3) is 5.56 Å². The van der Waals surface area contributed by atoms with Gasteiger partial charge >= 0.3 is 0 Å². The third-order valence-electron chi connectivity index (χ3n) is 2.00. The molecule has 1 aromatic heterocycles. The van der Waals surface area contributed by atoms with Crippen LogP contribution in [0.1, 0.15) is 13.3 Å². The lowest BCUT2D eigenvalue weighted by molar-refractivity contribution is 0.781. The molecule has 3 nitrogen and oxygen atoms in total. The standard InChI is InChI=1S/C11H14N2O/c1-4-6-9(2)12-10-7-5-8-11(14)13(10)3/h1,5,7-9,12H,6H2,2-3H3. The Bertz CT molecular complexity index is 400. The zero-order valence-corrected chi connectivity index (χ0v) is 8.45. The van der Waals surface area contributed by atoms with E-state index in [0.29, 0.717) is 6.42 Å². The third kappa shape index (κ3) is 2.40. The van der Waals surface area contributed by atoms with Gasteiger partial charge in [-0.25, -0.2) is 0 Å². The average Bonchev–Trinajstić information content (AvgIpc) is 2.13. The number of nitrogens with zero attached hydrogens (tertiary/aromatic N) is 1. The van der Waals surface area contributed by atoms with Crippen LogP contribution in [0.2, 0.25) is 0 Å². The number of nitrogens with one attached hydrogen (secondary N) is 1. The lowest BCUT2D eigenvalue weighted by atomic mass is 10.2. The highest BCUT2D eigenvalue weighted by molar-refractivity contribution is 5.36. The van der Waals surface area contributed by atoms with Crippen LogP contribution in [0, 0.1) is 12.3 Å². The molecular weight excluding hydrogens is 176 g/mol. The van der Waals surface area contributed by atoms with Crippen LogP contribution in [-0.4, -0.2) is 10.6 Å². The van der Waals surface area contributed by atoms with Crippen molar-refractivity contribution >= 4 is 5.82 Å². The van der Waals surface area contributed by atoms with Crippen molar-refractivity contribution in [1.29, 1.82) is 0 Å². The molecule has 0 saturated carbocycles. The summed E-state index contributed by atoms with van der Waals surface area (Å²) in [5, 5.41) is 3.17. The molecule has 0 aliphatic rings. The number of pyridine rings is 1. The van der Waals surface area contributed by atoms with E-state index >= 15 is 0 Å². The van der Waals surface area contributed by atoms with E-state index in [1.165, 1.54) is 6.07 Å². The molecule has 0 saturated heterocycles. The van der Waals surface area contributed by atoms with Gasteiger partial charge < -0.3 is 5.32 Å². The first kappa shape index (κ1) is 10.4. The molecule has 0 aliphatic heterocycles. The Balaban J connectivity index is 2.83. The second kappa shape index (κ2) is 4.52. The predicted molar refractivity (Wildman–Crippen MR) is 58.2 cm³/mol. The lowest BCUT2D eigenvalue weighted by Crippen LogP contribution is -2.23. The van der Waals surface area contributed by atoms with Crippen molar-refractivity contribution in [2.75, 3.05) is 5.32 Å². The predicted octanol–water partition coefficient (Wildman–Crippen LogP) is 1.21. The molecule has 1 unspecified atom stereocenters. The number of terminal acetylenes is 1. The maximum Gasteiger partial charge on any atom is 0.251 e.